The van der Waals surface area contributed by atoms with Crippen molar-refractivity contribution >= 4 is 33.5 Å². The first-order chi connectivity index (χ1) is 11.2. The van der Waals surface area contributed by atoms with Crippen LogP contribution in [0.25, 0.3) is 0 Å². The largest absolute Gasteiger partial charge is 0.370 e. The van der Waals surface area contributed by atoms with E-state index in [1.165, 1.54) is 0 Å². The van der Waals surface area contributed by atoms with Crippen molar-refractivity contribution in [2.24, 2.45) is 10.9 Å². The fourth-order valence-electron chi connectivity index (χ4n) is 1.71. The van der Waals surface area contributed by atoms with Crippen LogP contribution in [0.2, 0.25) is 0 Å². The van der Waals surface area contributed by atoms with Crippen LogP contribution in [0.4, 0.5) is 22.0 Å². The van der Waals surface area contributed by atoms with Gasteiger partial charge in [0.15, 0.2) is 12.0 Å². The van der Waals surface area contributed by atoms with Crippen LogP contribution in [-0.2, 0) is 0 Å². The van der Waals surface area contributed by atoms with E-state index in [4.69, 9.17) is 5.84 Å². The number of nitrogens with two attached hydrogens (primary N) is 1. The zero-order valence-corrected chi connectivity index (χ0v) is 15.1. The van der Waals surface area contributed by atoms with Gasteiger partial charge < -0.3 is 11.2 Å². The lowest BCUT2D eigenvalue weighted by molar-refractivity contribution is -0.242. The van der Waals surface area contributed by atoms with Crippen molar-refractivity contribution in [3.05, 3.63) is 22.4 Å². The van der Waals surface area contributed by atoms with Gasteiger partial charge in [0.25, 0.3) is 0 Å². The zero-order chi connectivity index (χ0) is 18.5. The fourth-order valence-corrected chi connectivity index (χ4v) is 3.00. The summed E-state index contributed by atoms with van der Waals surface area (Å²) in [4.78, 5) is 5.36. The molecule has 0 aliphatic heterocycles. The topological polar surface area (TPSA) is 63.3 Å². The lowest BCUT2D eigenvalue weighted by Gasteiger charge is -2.37. The predicted octanol–water partition coefficient (Wildman–Crippen LogP) is 3.45. The second-order valence-electron chi connectivity index (χ2n) is 4.58. The molecule has 24 heavy (non-hydrogen) atoms. The maximum atomic E-state index is 11.6. The van der Waals surface area contributed by atoms with Gasteiger partial charge in [-0.2, -0.15) is 13.9 Å². The van der Waals surface area contributed by atoms with Crippen molar-refractivity contribution in [1.82, 2.24) is 10.3 Å². The number of nitrogens with one attached hydrogen (secondary N) is 1. The first-order valence-corrected chi connectivity index (χ1v) is 8.52. The van der Waals surface area contributed by atoms with Crippen LogP contribution in [0.5, 0.6) is 0 Å². The van der Waals surface area contributed by atoms with Crippen molar-refractivity contribution in [3.63, 3.8) is 0 Å². The first kappa shape index (κ1) is 20.9. The second kappa shape index (κ2) is 8.84. The van der Waals surface area contributed by atoms with Crippen LogP contribution >= 0.6 is 27.7 Å². The highest BCUT2D eigenvalue weighted by atomic mass is 79.9. The number of amidine groups is 1. The Morgan fingerprint density at radius 1 is 1.42 bits per heavy atom. The summed E-state index contributed by atoms with van der Waals surface area (Å²) < 4.78 is 58.8. The predicted molar refractivity (Wildman–Crippen MR) is 87.8 cm³/mol. The minimum Gasteiger partial charge on any atom is -0.370 e. The SMILES string of the molecule is CCSc1cc(Br)cnc1C(=NN)NC.FC1C(F)C(F)(F)C1F. The lowest BCUT2D eigenvalue weighted by Crippen LogP contribution is -2.62. The van der Waals surface area contributed by atoms with Crippen LogP contribution in [0, 0.1) is 0 Å². The zero-order valence-electron chi connectivity index (χ0n) is 12.7. The molecule has 1 fully saturated rings. The summed E-state index contributed by atoms with van der Waals surface area (Å²) in [7, 11) is 1.77. The van der Waals surface area contributed by atoms with E-state index in [1.54, 1.807) is 25.0 Å². The van der Waals surface area contributed by atoms with Crippen LogP contribution < -0.4 is 11.2 Å². The highest BCUT2D eigenvalue weighted by Crippen LogP contribution is 2.44. The Labute approximate surface area is 148 Å². The third kappa shape index (κ3) is 4.50. The van der Waals surface area contributed by atoms with E-state index in [0.29, 0.717) is 5.84 Å². The van der Waals surface area contributed by atoms with E-state index in [9.17, 15) is 22.0 Å². The molecule has 1 heterocycles. The van der Waals surface area contributed by atoms with Crippen molar-refractivity contribution < 1.29 is 22.0 Å². The number of halogens is 6. The summed E-state index contributed by atoms with van der Waals surface area (Å²) in [5.41, 5.74) is 0.787. The minimum absolute atomic E-state index is 0.596. The number of alkyl halides is 5. The molecule has 1 saturated carbocycles. The molecule has 0 amide bonds. The standard InChI is InChI=1S/C9H13BrN4S.C4H3F5/c1-3-15-7-4-6(10)5-13-8(7)9(12-2)14-11;5-1-2(6)4(8,9)3(1)7/h4-5H,3,11H2,1-2H3,(H,12,14);1-3H. The second-order valence-corrected chi connectivity index (χ2v) is 6.81. The number of thioether (sulfide) groups is 1. The van der Waals surface area contributed by atoms with Crippen LogP contribution in [0.15, 0.2) is 26.7 Å². The minimum atomic E-state index is -4.10. The van der Waals surface area contributed by atoms with Gasteiger partial charge in [-0.15, -0.1) is 11.8 Å². The summed E-state index contributed by atoms with van der Waals surface area (Å²) in [5, 5.41) is 6.58. The Hall–Kier alpha value is -1.10. The summed E-state index contributed by atoms with van der Waals surface area (Å²) >= 11 is 5.10. The van der Waals surface area contributed by atoms with Gasteiger partial charge in [-0.3, -0.25) is 4.98 Å². The molecule has 1 aliphatic carbocycles. The molecule has 2 rings (SSSR count). The van der Waals surface area contributed by atoms with Gasteiger partial charge in [-0.1, -0.05) is 6.92 Å². The maximum absolute atomic E-state index is 11.6. The molecule has 1 aromatic rings. The Kier molecular flexibility index (Phi) is 7.71. The van der Waals surface area contributed by atoms with E-state index >= 15 is 0 Å². The highest BCUT2D eigenvalue weighted by Gasteiger charge is 2.68. The van der Waals surface area contributed by atoms with E-state index in [0.717, 1.165) is 20.8 Å². The molecule has 11 heteroatoms. The third-order valence-corrected chi connectivity index (χ3v) is 4.35. The summed E-state index contributed by atoms with van der Waals surface area (Å²) in [6, 6.07) is 2.01. The van der Waals surface area contributed by atoms with E-state index < -0.39 is 24.4 Å². The Morgan fingerprint density at radius 3 is 2.38 bits per heavy atom. The smallest absolute Gasteiger partial charge is 0.315 e. The Morgan fingerprint density at radius 2 is 2.00 bits per heavy atom. The van der Waals surface area contributed by atoms with Crippen molar-refractivity contribution in [2.45, 2.75) is 36.3 Å². The Bertz CT molecular complexity index is 577. The average Bonchev–Trinajstić information content (AvgIpc) is 2.56. The number of aromatic nitrogens is 1. The van der Waals surface area contributed by atoms with E-state index in [1.807, 2.05) is 6.07 Å². The molecule has 1 aliphatic rings. The molecule has 4 nitrogen and oxygen atoms in total. The molecule has 2 atom stereocenters. The number of rotatable bonds is 3. The molecule has 2 unspecified atom stereocenters. The first-order valence-electron chi connectivity index (χ1n) is 6.75. The highest BCUT2D eigenvalue weighted by molar-refractivity contribution is 9.10. The van der Waals surface area contributed by atoms with Crippen LogP contribution in [0.1, 0.15) is 12.6 Å². The fraction of sp³-hybridized carbons (Fsp3) is 0.538. The number of hydrogen-bond donors (Lipinski definition) is 2. The summed E-state index contributed by atoms with van der Waals surface area (Å²) in [6.45, 7) is 2.09. The molecule has 1 aromatic heterocycles. The van der Waals surface area contributed by atoms with Gasteiger partial charge in [-0.25, -0.2) is 13.2 Å². The van der Waals surface area contributed by atoms with Gasteiger partial charge in [0.05, 0.1) is 0 Å². The van der Waals surface area contributed by atoms with Crippen molar-refractivity contribution in [3.8, 4) is 0 Å². The number of hydrazone groups is 1. The quantitative estimate of drug-likeness (QED) is 0.191. The molecular weight excluding hydrogens is 419 g/mol. The van der Waals surface area contributed by atoms with E-state index in [-0.39, 0.29) is 0 Å². The molecule has 0 saturated heterocycles. The summed E-state index contributed by atoms with van der Waals surface area (Å²) in [5.74, 6) is 2.76. The van der Waals surface area contributed by atoms with Gasteiger partial charge in [0, 0.05) is 22.6 Å². The number of nitrogens with zero attached hydrogens (tertiary/aromatic N) is 2. The van der Waals surface area contributed by atoms with Gasteiger partial charge >= 0.3 is 5.92 Å². The lowest BCUT2D eigenvalue weighted by atomic mass is 9.87. The molecular formula is C13H16BrF5N4S. The maximum Gasteiger partial charge on any atom is 0.315 e. The molecule has 0 bridgehead atoms. The average molecular weight is 435 g/mol. The summed E-state index contributed by atoms with van der Waals surface area (Å²) in [6.07, 6.45) is -6.81. The Balaban J connectivity index is 0.000000272. The van der Waals surface area contributed by atoms with E-state index in [2.05, 4.69) is 38.3 Å². The molecule has 3 N–H and O–H groups in total. The van der Waals surface area contributed by atoms with Gasteiger partial charge in [-0.05, 0) is 27.7 Å². The van der Waals surface area contributed by atoms with Gasteiger partial charge in [0.2, 0.25) is 12.3 Å². The monoisotopic (exact) mass is 434 g/mol. The normalized spacial score (nSPS) is 25.3. The van der Waals surface area contributed by atoms with Crippen molar-refractivity contribution in [2.75, 3.05) is 12.8 Å². The van der Waals surface area contributed by atoms with Crippen LogP contribution in [-0.4, -0.2) is 48.1 Å². The molecule has 0 spiro atoms. The van der Waals surface area contributed by atoms with Crippen molar-refractivity contribution in [1.29, 1.82) is 0 Å². The number of hydrogen-bond acceptors (Lipinski definition) is 4. The molecule has 136 valence electrons. The molecule has 0 aromatic carbocycles. The van der Waals surface area contributed by atoms with Crippen LogP contribution in [0.3, 0.4) is 0 Å². The number of pyridine rings is 1. The third-order valence-electron chi connectivity index (χ3n) is 3.00. The molecule has 0 radical (unpaired) electrons. The van der Waals surface area contributed by atoms with Gasteiger partial charge in [0.1, 0.15) is 5.69 Å².